The van der Waals surface area contributed by atoms with Crippen molar-refractivity contribution < 1.29 is 0 Å². The van der Waals surface area contributed by atoms with Gasteiger partial charge in [-0.05, 0) is 5.92 Å². The summed E-state index contributed by atoms with van der Waals surface area (Å²) in [6.07, 6.45) is 0. The zero-order chi connectivity index (χ0) is 7.56. The van der Waals surface area contributed by atoms with Crippen LogP contribution in [0.1, 0.15) is 6.92 Å². The molecule has 4 heteroatoms. The molecule has 0 bridgehead atoms. The first-order valence-corrected chi connectivity index (χ1v) is 5.43. The van der Waals surface area contributed by atoms with Gasteiger partial charge in [-0.3, -0.25) is 0 Å². The lowest BCUT2D eigenvalue weighted by molar-refractivity contribution is 0.444. The molecule has 10 heavy (non-hydrogen) atoms. The molecule has 1 rings (SSSR count). The van der Waals surface area contributed by atoms with Gasteiger partial charge in [-0.1, -0.05) is 6.92 Å². The summed E-state index contributed by atoms with van der Waals surface area (Å²) in [6, 6.07) is 0. The summed E-state index contributed by atoms with van der Waals surface area (Å²) in [5, 5.41) is 0. The molecule has 0 atom stereocenters. The smallest absolute Gasteiger partial charge is 0.0217 e. The Labute approximate surface area is 90.3 Å². The third-order valence-electron chi connectivity index (χ3n) is 1.60. The van der Waals surface area contributed by atoms with Gasteiger partial charge in [0.1, 0.15) is 0 Å². The van der Waals surface area contributed by atoms with Crippen molar-refractivity contribution >= 4 is 45.7 Å². The second-order valence-corrected chi connectivity index (χ2v) is 5.57. The third kappa shape index (κ3) is 3.19. The molecule has 0 spiro atoms. The minimum atomic E-state index is 0.816. The van der Waals surface area contributed by atoms with Crippen LogP contribution in [0.5, 0.6) is 0 Å². The van der Waals surface area contributed by atoms with Gasteiger partial charge in [-0.25, -0.2) is 6.23 Å². The van der Waals surface area contributed by atoms with Crippen LogP contribution in [0.4, 0.5) is 0 Å². The van der Waals surface area contributed by atoms with E-state index in [9.17, 15) is 0 Å². The maximum atomic E-state index is 2.41. The summed E-state index contributed by atoms with van der Waals surface area (Å²) < 4.78 is 4.75. The maximum absolute atomic E-state index is 2.41. The Hall–Kier alpha value is 1.38. The predicted molar refractivity (Wildman–Crippen MR) is 60.4 cm³/mol. The van der Waals surface area contributed by atoms with Gasteiger partial charge in [0.2, 0.25) is 0 Å². The second kappa shape index (κ2) is 4.42. The normalized spacial score (nSPS) is 26.7. The highest BCUT2D eigenvalue weighted by molar-refractivity contribution is 14.1. The molecule has 1 fully saturated rings. The highest BCUT2D eigenvalue weighted by Crippen LogP contribution is 2.14. The SMILES string of the molecule is CC1CN(I)CCN(I)C1. The Kier molecular flexibility index (Phi) is 4.18. The second-order valence-electron chi connectivity index (χ2n) is 2.84. The van der Waals surface area contributed by atoms with Crippen LogP contribution < -0.4 is 0 Å². The number of halogens is 2. The van der Waals surface area contributed by atoms with E-state index in [0.717, 1.165) is 5.92 Å². The molecule has 0 saturated carbocycles. The van der Waals surface area contributed by atoms with Crippen LogP contribution in [0.15, 0.2) is 0 Å². The van der Waals surface area contributed by atoms with E-state index in [1.54, 1.807) is 0 Å². The minimum Gasteiger partial charge on any atom is -0.246 e. The fourth-order valence-corrected chi connectivity index (χ4v) is 2.91. The Morgan fingerprint density at radius 2 is 1.50 bits per heavy atom. The largest absolute Gasteiger partial charge is 0.246 e. The highest BCUT2D eigenvalue weighted by atomic mass is 127. The molecule has 0 aromatic rings. The summed E-state index contributed by atoms with van der Waals surface area (Å²) in [4.78, 5) is 0. The monoisotopic (exact) mass is 366 g/mol. The molecule has 0 unspecified atom stereocenters. The zero-order valence-electron chi connectivity index (χ0n) is 6.06. The molecule has 1 aliphatic rings. The van der Waals surface area contributed by atoms with Gasteiger partial charge in [0.15, 0.2) is 0 Å². The van der Waals surface area contributed by atoms with Crippen LogP contribution in [-0.4, -0.2) is 32.4 Å². The quantitative estimate of drug-likeness (QED) is 0.478. The van der Waals surface area contributed by atoms with Crippen LogP contribution in [0, 0.1) is 5.92 Å². The van der Waals surface area contributed by atoms with E-state index in [1.807, 2.05) is 0 Å². The first kappa shape index (κ1) is 9.47. The summed E-state index contributed by atoms with van der Waals surface area (Å²) >= 11 is 4.82. The van der Waals surface area contributed by atoms with Gasteiger partial charge in [0.05, 0.1) is 0 Å². The van der Waals surface area contributed by atoms with Crippen LogP contribution in [0.25, 0.3) is 0 Å². The topological polar surface area (TPSA) is 6.48 Å². The van der Waals surface area contributed by atoms with Crippen molar-refractivity contribution in [2.75, 3.05) is 26.2 Å². The fraction of sp³-hybridized carbons (Fsp3) is 1.00. The van der Waals surface area contributed by atoms with E-state index in [1.165, 1.54) is 26.2 Å². The molecule has 1 saturated heterocycles. The van der Waals surface area contributed by atoms with Gasteiger partial charge in [-0.2, -0.15) is 0 Å². The van der Waals surface area contributed by atoms with Gasteiger partial charge < -0.3 is 0 Å². The lowest BCUT2D eigenvalue weighted by Gasteiger charge is -2.13. The first-order valence-electron chi connectivity index (χ1n) is 3.50. The Morgan fingerprint density at radius 1 is 1.10 bits per heavy atom. The predicted octanol–water partition coefficient (Wildman–Crippen LogP) is 1.94. The van der Waals surface area contributed by atoms with Crippen LogP contribution in [0.3, 0.4) is 0 Å². The number of rotatable bonds is 0. The van der Waals surface area contributed by atoms with E-state index >= 15 is 0 Å². The van der Waals surface area contributed by atoms with Crippen LogP contribution in [0.2, 0.25) is 0 Å². The molecule has 0 aromatic carbocycles. The lowest BCUT2D eigenvalue weighted by atomic mass is 10.2. The summed E-state index contributed by atoms with van der Waals surface area (Å²) in [7, 11) is 0. The maximum Gasteiger partial charge on any atom is 0.0217 e. The average molecular weight is 366 g/mol. The van der Waals surface area contributed by atoms with Crippen LogP contribution in [-0.2, 0) is 0 Å². The molecule has 2 nitrogen and oxygen atoms in total. The standard InChI is InChI=1S/C6H12I2N2/c1-6-4-9(7)2-3-10(8)5-6/h6H,2-5H2,1H3. The molecule has 0 amide bonds. The minimum absolute atomic E-state index is 0.816. The first-order chi connectivity index (χ1) is 4.68. The molecule has 1 heterocycles. The van der Waals surface area contributed by atoms with E-state index < -0.39 is 0 Å². The number of hydrogen-bond acceptors (Lipinski definition) is 2. The number of nitrogens with zero attached hydrogens (tertiary/aromatic N) is 2. The van der Waals surface area contributed by atoms with E-state index in [0.29, 0.717) is 0 Å². The van der Waals surface area contributed by atoms with Crippen molar-refractivity contribution in [3.05, 3.63) is 0 Å². The van der Waals surface area contributed by atoms with E-state index in [-0.39, 0.29) is 0 Å². The molecule has 0 aromatic heterocycles. The van der Waals surface area contributed by atoms with Crippen molar-refractivity contribution in [2.45, 2.75) is 6.92 Å². The van der Waals surface area contributed by atoms with Gasteiger partial charge in [-0.15, -0.1) is 0 Å². The highest BCUT2D eigenvalue weighted by Gasteiger charge is 2.15. The van der Waals surface area contributed by atoms with Gasteiger partial charge in [0, 0.05) is 71.9 Å². The lowest BCUT2D eigenvalue weighted by Crippen LogP contribution is -2.18. The third-order valence-corrected chi connectivity index (χ3v) is 3.36. The Bertz CT molecular complexity index is 97.9. The van der Waals surface area contributed by atoms with Crippen molar-refractivity contribution in [3.63, 3.8) is 0 Å². The van der Waals surface area contributed by atoms with Gasteiger partial charge in [0.25, 0.3) is 0 Å². The molecular weight excluding hydrogens is 354 g/mol. The van der Waals surface area contributed by atoms with E-state index in [2.05, 4.69) is 58.9 Å². The van der Waals surface area contributed by atoms with Gasteiger partial charge >= 0.3 is 0 Å². The van der Waals surface area contributed by atoms with Crippen molar-refractivity contribution in [3.8, 4) is 0 Å². The Morgan fingerprint density at radius 3 is 1.90 bits per heavy atom. The molecule has 60 valence electrons. The molecule has 0 N–H and O–H groups in total. The molecule has 0 aliphatic carbocycles. The molecule has 1 aliphatic heterocycles. The van der Waals surface area contributed by atoms with E-state index in [4.69, 9.17) is 0 Å². The van der Waals surface area contributed by atoms with Crippen LogP contribution >= 0.6 is 45.7 Å². The summed E-state index contributed by atoms with van der Waals surface area (Å²) in [5.41, 5.74) is 0. The zero-order valence-corrected chi connectivity index (χ0v) is 10.4. The Balaban J connectivity index is 2.38. The number of hydrogen-bond donors (Lipinski definition) is 0. The average Bonchev–Trinajstić information content (AvgIpc) is 1.93. The van der Waals surface area contributed by atoms with Crippen molar-refractivity contribution in [1.29, 1.82) is 0 Å². The molecule has 0 radical (unpaired) electrons. The summed E-state index contributed by atoms with van der Waals surface area (Å²) in [5.74, 6) is 0.816. The molecular formula is C6H12I2N2. The summed E-state index contributed by atoms with van der Waals surface area (Å²) in [6.45, 7) is 7.18. The fourth-order valence-electron chi connectivity index (χ4n) is 1.13. The van der Waals surface area contributed by atoms with Crippen molar-refractivity contribution in [2.24, 2.45) is 5.92 Å². The van der Waals surface area contributed by atoms with Crippen molar-refractivity contribution in [1.82, 2.24) is 6.23 Å².